The van der Waals surface area contributed by atoms with Crippen LogP contribution in [0, 0.1) is 11.3 Å². The van der Waals surface area contributed by atoms with Gasteiger partial charge in [0.05, 0.1) is 33.4 Å². The van der Waals surface area contributed by atoms with Crippen LogP contribution in [-0.2, 0) is 18.1 Å². The minimum absolute atomic E-state index is 0. The fourth-order valence-electron chi connectivity index (χ4n) is 4.11. The van der Waals surface area contributed by atoms with Crippen LogP contribution in [0.2, 0.25) is 10.0 Å². The van der Waals surface area contributed by atoms with Gasteiger partial charge in [-0.2, -0.15) is 36.7 Å². The lowest BCUT2D eigenvalue weighted by atomic mass is 9.93. The van der Waals surface area contributed by atoms with Crippen molar-refractivity contribution in [1.29, 1.82) is 5.26 Å². The molecular formula is C22H12Cl3F8N5O2. The van der Waals surface area contributed by atoms with Crippen LogP contribution in [0.4, 0.5) is 45.7 Å². The smallest absolute Gasteiger partial charge is 0.416 e. The monoisotopic (exact) mass is 635 g/mol. The standard InChI is InChI=1S/C22H11Cl2F8N5O2.ClH/c23-12-5-10(21(27,28)29)6-13(24)16(12)37-17(36(18(38)39)8-11-3-1-2-4-34-11)15(14(7-33)35-37)19(22(30,31)32)9-20(19,25)26;/h1-6H,8-9H2,(H,38,39);1H. The zero-order chi connectivity index (χ0) is 29.1. The molecule has 1 aliphatic carbocycles. The highest BCUT2D eigenvalue weighted by atomic mass is 35.5. The normalized spacial score (nSPS) is 18.0. The molecule has 4 rings (SSSR count). The maximum Gasteiger partial charge on any atom is 0.416 e. The van der Waals surface area contributed by atoms with Crippen molar-refractivity contribution in [2.45, 2.75) is 36.7 Å². The Morgan fingerprint density at radius 2 is 1.73 bits per heavy atom. The Labute approximate surface area is 234 Å². The van der Waals surface area contributed by atoms with Gasteiger partial charge in [-0.05, 0) is 24.3 Å². The number of amides is 1. The zero-order valence-electron chi connectivity index (χ0n) is 19.2. The largest absolute Gasteiger partial charge is 0.465 e. The fraction of sp³-hybridized carbons (Fsp3) is 0.273. The van der Waals surface area contributed by atoms with E-state index in [0.29, 0.717) is 12.1 Å². The SMILES string of the molecule is Cl.N#Cc1nn(-c2c(Cl)cc(C(F)(F)F)cc2Cl)c(N(Cc2ccccn2)C(=O)O)c1C1(C(F)(F)F)CC1(F)F. The molecule has 1 atom stereocenters. The van der Waals surface area contributed by atoms with Crippen LogP contribution in [0.25, 0.3) is 5.69 Å². The number of hydrogen-bond acceptors (Lipinski definition) is 4. The molecule has 1 aromatic carbocycles. The molecule has 18 heteroatoms. The van der Waals surface area contributed by atoms with Gasteiger partial charge in [-0.25, -0.2) is 18.3 Å². The van der Waals surface area contributed by atoms with Gasteiger partial charge in [-0.15, -0.1) is 12.4 Å². The number of nitriles is 1. The molecule has 0 radical (unpaired) electrons. The topological polar surface area (TPSA) is 95.0 Å². The van der Waals surface area contributed by atoms with Gasteiger partial charge >= 0.3 is 18.4 Å². The van der Waals surface area contributed by atoms with Crippen molar-refractivity contribution >= 4 is 47.5 Å². The molecule has 1 fully saturated rings. The highest BCUT2D eigenvalue weighted by Crippen LogP contribution is 2.71. The zero-order valence-corrected chi connectivity index (χ0v) is 21.5. The van der Waals surface area contributed by atoms with Crippen molar-refractivity contribution < 1.29 is 45.0 Å². The van der Waals surface area contributed by atoms with Gasteiger partial charge in [-0.3, -0.25) is 9.88 Å². The van der Waals surface area contributed by atoms with Gasteiger partial charge in [0.1, 0.15) is 17.6 Å². The first-order valence-corrected chi connectivity index (χ1v) is 11.2. The van der Waals surface area contributed by atoms with Gasteiger partial charge in [0, 0.05) is 12.6 Å². The summed E-state index contributed by atoms with van der Waals surface area (Å²) in [6, 6.07) is 6.01. The number of nitrogens with zero attached hydrogens (tertiary/aromatic N) is 5. The molecule has 1 saturated carbocycles. The quantitative estimate of drug-likeness (QED) is 0.295. The lowest BCUT2D eigenvalue weighted by Crippen LogP contribution is -2.39. The van der Waals surface area contributed by atoms with Crippen molar-refractivity contribution in [3.63, 3.8) is 0 Å². The summed E-state index contributed by atoms with van der Waals surface area (Å²) >= 11 is 12.0. The Bertz CT molecular complexity index is 1480. The molecule has 0 saturated heterocycles. The number of aromatic nitrogens is 3. The molecule has 40 heavy (non-hydrogen) atoms. The molecule has 2 heterocycles. The Hall–Kier alpha value is -3.35. The number of rotatable bonds is 5. The first kappa shape index (κ1) is 31.2. The number of halogens is 11. The summed E-state index contributed by atoms with van der Waals surface area (Å²) in [5.41, 5.74) is -9.03. The summed E-state index contributed by atoms with van der Waals surface area (Å²) < 4.78 is 112. The second-order valence-corrected chi connectivity index (χ2v) is 9.15. The van der Waals surface area contributed by atoms with Crippen LogP contribution in [-0.4, -0.2) is 38.1 Å². The molecule has 1 N–H and O–H groups in total. The van der Waals surface area contributed by atoms with E-state index in [1.807, 2.05) is 0 Å². The summed E-state index contributed by atoms with van der Waals surface area (Å²) in [4.78, 5) is 16.4. The number of pyridine rings is 1. The van der Waals surface area contributed by atoms with E-state index in [1.54, 1.807) is 0 Å². The van der Waals surface area contributed by atoms with Gasteiger partial charge in [-0.1, -0.05) is 29.3 Å². The molecule has 1 aliphatic rings. The van der Waals surface area contributed by atoms with E-state index in [1.165, 1.54) is 30.5 Å². The van der Waals surface area contributed by atoms with Crippen molar-refractivity contribution in [1.82, 2.24) is 14.8 Å². The average Bonchev–Trinajstić information content (AvgIpc) is 3.23. The molecule has 3 aromatic rings. The second-order valence-electron chi connectivity index (χ2n) is 8.33. The third-order valence-electron chi connectivity index (χ3n) is 5.95. The maximum atomic E-state index is 14.6. The number of hydrogen-bond donors (Lipinski definition) is 1. The lowest BCUT2D eigenvalue weighted by Gasteiger charge is -2.26. The van der Waals surface area contributed by atoms with Crippen LogP contribution in [0.5, 0.6) is 0 Å². The predicted octanol–water partition coefficient (Wildman–Crippen LogP) is 7.41. The summed E-state index contributed by atoms with van der Waals surface area (Å²) in [5, 5.41) is 21.4. The molecule has 2 aromatic heterocycles. The van der Waals surface area contributed by atoms with Gasteiger partial charge < -0.3 is 5.11 Å². The Morgan fingerprint density at radius 3 is 2.12 bits per heavy atom. The molecule has 214 valence electrons. The van der Waals surface area contributed by atoms with Crippen molar-refractivity contribution in [3.05, 3.63) is 69.1 Å². The second kappa shape index (κ2) is 10.2. The fourth-order valence-corrected chi connectivity index (χ4v) is 4.76. The predicted molar refractivity (Wildman–Crippen MR) is 126 cm³/mol. The van der Waals surface area contributed by atoms with Gasteiger partial charge in [0.15, 0.2) is 11.1 Å². The Kier molecular flexibility index (Phi) is 7.98. The first-order valence-electron chi connectivity index (χ1n) is 10.4. The van der Waals surface area contributed by atoms with Crippen molar-refractivity contribution in [2.75, 3.05) is 4.90 Å². The molecule has 7 nitrogen and oxygen atoms in total. The Balaban J connectivity index is 0.00000441. The highest BCUT2D eigenvalue weighted by Gasteiger charge is 2.86. The minimum atomic E-state index is -5.71. The molecule has 1 amide bonds. The van der Waals surface area contributed by atoms with Crippen LogP contribution < -0.4 is 4.90 Å². The van der Waals surface area contributed by atoms with Crippen molar-refractivity contribution in [3.8, 4) is 11.8 Å². The average molecular weight is 637 g/mol. The van der Waals surface area contributed by atoms with Crippen molar-refractivity contribution in [2.24, 2.45) is 0 Å². The molecular weight excluding hydrogens is 625 g/mol. The summed E-state index contributed by atoms with van der Waals surface area (Å²) in [7, 11) is 0. The van der Waals surface area contributed by atoms with E-state index < -0.39 is 81.1 Å². The molecule has 0 bridgehead atoms. The van der Waals surface area contributed by atoms with E-state index in [4.69, 9.17) is 23.2 Å². The Morgan fingerprint density at radius 1 is 1.15 bits per heavy atom. The van der Waals surface area contributed by atoms with Crippen LogP contribution in [0.3, 0.4) is 0 Å². The van der Waals surface area contributed by atoms with Gasteiger partial charge in [0.2, 0.25) is 0 Å². The van der Waals surface area contributed by atoms with Crippen LogP contribution >= 0.6 is 35.6 Å². The van der Waals surface area contributed by atoms with Gasteiger partial charge in [0.25, 0.3) is 5.92 Å². The summed E-state index contributed by atoms with van der Waals surface area (Å²) in [5.74, 6) is -5.70. The summed E-state index contributed by atoms with van der Waals surface area (Å²) in [6.07, 6.45) is -13.3. The van der Waals surface area contributed by atoms with E-state index in [-0.39, 0.29) is 27.7 Å². The summed E-state index contributed by atoms with van der Waals surface area (Å²) in [6.45, 7) is -0.838. The number of carboxylic acid groups (broad SMARTS) is 1. The van der Waals surface area contributed by atoms with E-state index in [2.05, 4.69) is 10.1 Å². The van der Waals surface area contributed by atoms with E-state index in [9.17, 15) is 50.3 Å². The lowest BCUT2D eigenvalue weighted by molar-refractivity contribution is -0.182. The molecule has 1 unspecified atom stereocenters. The first-order chi connectivity index (χ1) is 18.0. The number of alkyl halides is 8. The van der Waals surface area contributed by atoms with E-state index >= 15 is 0 Å². The van der Waals surface area contributed by atoms with Crippen LogP contribution in [0.1, 0.15) is 28.9 Å². The number of carbonyl (C=O) groups is 1. The number of benzene rings is 1. The molecule has 0 aliphatic heterocycles. The van der Waals surface area contributed by atoms with E-state index in [0.717, 1.165) is 0 Å². The minimum Gasteiger partial charge on any atom is -0.465 e. The number of anilines is 1. The molecule has 0 spiro atoms. The third kappa shape index (κ3) is 4.99. The third-order valence-corrected chi connectivity index (χ3v) is 6.53. The maximum absolute atomic E-state index is 14.6. The highest BCUT2D eigenvalue weighted by molar-refractivity contribution is 6.38. The van der Waals surface area contributed by atoms with Crippen LogP contribution in [0.15, 0.2) is 36.5 Å².